The van der Waals surface area contributed by atoms with E-state index in [0.717, 1.165) is 23.3 Å². The van der Waals surface area contributed by atoms with Crippen LogP contribution >= 0.6 is 22.7 Å². The van der Waals surface area contributed by atoms with Crippen LogP contribution in [0.3, 0.4) is 0 Å². The summed E-state index contributed by atoms with van der Waals surface area (Å²) in [6.07, 6.45) is 1.87. The Bertz CT molecular complexity index is 947. The van der Waals surface area contributed by atoms with E-state index in [0.29, 0.717) is 9.88 Å². The topological polar surface area (TPSA) is 58.2 Å². The summed E-state index contributed by atoms with van der Waals surface area (Å²) in [5, 5.41) is 8.49. The molecular weight excluding hydrogens is 383 g/mol. The van der Waals surface area contributed by atoms with Crippen LogP contribution in [0.15, 0.2) is 53.9 Å². The minimum absolute atomic E-state index is 0.0200. The lowest BCUT2D eigenvalue weighted by atomic mass is 10.1. The Balaban J connectivity index is 1.51. The van der Waals surface area contributed by atoms with Crippen LogP contribution < -0.4 is 10.6 Å². The molecule has 1 atom stereocenters. The van der Waals surface area contributed by atoms with Crippen molar-refractivity contribution in [2.24, 2.45) is 5.92 Å². The van der Waals surface area contributed by atoms with Crippen molar-refractivity contribution < 1.29 is 14.0 Å². The molecule has 1 saturated carbocycles. The highest BCUT2D eigenvalue weighted by atomic mass is 32.1. The quantitative estimate of drug-likeness (QED) is 0.623. The van der Waals surface area contributed by atoms with Crippen LogP contribution in [-0.2, 0) is 4.79 Å². The third-order valence-electron chi connectivity index (χ3n) is 4.33. The van der Waals surface area contributed by atoms with Crippen molar-refractivity contribution in [2.45, 2.75) is 18.9 Å². The Morgan fingerprint density at radius 2 is 1.85 bits per heavy atom. The summed E-state index contributed by atoms with van der Waals surface area (Å²) < 4.78 is 13.3. The molecule has 2 heterocycles. The normalized spacial score (nSPS) is 14.6. The first-order chi connectivity index (χ1) is 13.1. The Morgan fingerprint density at radius 3 is 2.52 bits per heavy atom. The molecule has 0 saturated heterocycles. The van der Waals surface area contributed by atoms with Crippen LogP contribution in [-0.4, -0.2) is 11.8 Å². The van der Waals surface area contributed by atoms with Crippen molar-refractivity contribution in [3.8, 4) is 0 Å². The molecule has 1 aliphatic carbocycles. The number of nitrogens with one attached hydrogen (secondary N) is 2. The van der Waals surface area contributed by atoms with Crippen LogP contribution in [0.4, 0.5) is 9.39 Å². The first-order valence-corrected chi connectivity index (χ1v) is 10.3. The van der Waals surface area contributed by atoms with E-state index in [-0.39, 0.29) is 29.6 Å². The second-order valence-corrected chi connectivity index (χ2v) is 8.46. The molecule has 138 valence electrons. The lowest BCUT2D eigenvalue weighted by Gasteiger charge is -2.17. The summed E-state index contributed by atoms with van der Waals surface area (Å²) in [6.45, 7) is 0. The molecular formula is C20H17FN2O2S2. The van der Waals surface area contributed by atoms with E-state index >= 15 is 0 Å². The van der Waals surface area contributed by atoms with E-state index in [1.54, 1.807) is 24.3 Å². The zero-order valence-corrected chi connectivity index (χ0v) is 15.9. The van der Waals surface area contributed by atoms with Crippen molar-refractivity contribution in [1.29, 1.82) is 0 Å². The number of carbonyl (C=O) groups is 2. The van der Waals surface area contributed by atoms with Gasteiger partial charge < -0.3 is 10.6 Å². The molecule has 2 amide bonds. The van der Waals surface area contributed by atoms with E-state index in [9.17, 15) is 14.0 Å². The lowest BCUT2D eigenvalue weighted by molar-refractivity contribution is -0.117. The van der Waals surface area contributed by atoms with Gasteiger partial charge in [-0.15, -0.1) is 22.7 Å². The van der Waals surface area contributed by atoms with Crippen molar-refractivity contribution >= 4 is 39.5 Å². The molecule has 2 N–H and O–H groups in total. The molecule has 0 bridgehead atoms. The van der Waals surface area contributed by atoms with E-state index in [1.807, 2.05) is 17.5 Å². The minimum atomic E-state index is -0.357. The zero-order chi connectivity index (χ0) is 18.8. The molecule has 2 aromatic heterocycles. The fraction of sp³-hybridized carbons (Fsp3) is 0.200. The van der Waals surface area contributed by atoms with Crippen LogP contribution in [0.5, 0.6) is 0 Å². The second-order valence-electron chi connectivity index (χ2n) is 6.40. The number of benzene rings is 1. The molecule has 4 rings (SSSR count). The predicted molar refractivity (Wildman–Crippen MR) is 106 cm³/mol. The smallest absolute Gasteiger partial charge is 0.262 e. The van der Waals surface area contributed by atoms with E-state index in [4.69, 9.17) is 0 Å². The van der Waals surface area contributed by atoms with Crippen molar-refractivity contribution in [2.75, 3.05) is 5.32 Å². The lowest BCUT2D eigenvalue weighted by Crippen LogP contribution is -2.28. The third kappa shape index (κ3) is 4.26. The summed E-state index contributed by atoms with van der Waals surface area (Å²) in [4.78, 5) is 26.1. The van der Waals surface area contributed by atoms with Gasteiger partial charge in [0.2, 0.25) is 5.91 Å². The monoisotopic (exact) mass is 400 g/mol. The molecule has 0 radical (unpaired) electrons. The van der Waals surface area contributed by atoms with Gasteiger partial charge in [-0.25, -0.2) is 4.39 Å². The molecule has 1 unspecified atom stereocenters. The molecule has 0 spiro atoms. The van der Waals surface area contributed by atoms with Gasteiger partial charge in [-0.1, -0.05) is 18.2 Å². The highest BCUT2D eigenvalue weighted by Gasteiger charge is 2.30. The van der Waals surface area contributed by atoms with Crippen molar-refractivity contribution in [1.82, 2.24) is 5.32 Å². The maximum Gasteiger partial charge on any atom is 0.262 e. The van der Waals surface area contributed by atoms with Gasteiger partial charge in [0, 0.05) is 10.8 Å². The van der Waals surface area contributed by atoms with E-state index < -0.39 is 0 Å². The predicted octanol–water partition coefficient (Wildman–Crippen LogP) is 4.82. The summed E-state index contributed by atoms with van der Waals surface area (Å²) in [7, 11) is 0. The number of hydrogen-bond acceptors (Lipinski definition) is 4. The first kappa shape index (κ1) is 17.9. The summed E-state index contributed by atoms with van der Waals surface area (Å²) >= 11 is 2.78. The number of amides is 2. The summed E-state index contributed by atoms with van der Waals surface area (Å²) in [5.74, 6) is -0.406. The van der Waals surface area contributed by atoms with Gasteiger partial charge in [0.25, 0.3) is 5.91 Å². The third-order valence-corrected chi connectivity index (χ3v) is 6.27. The second kappa shape index (κ2) is 7.62. The van der Waals surface area contributed by atoms with Gasteiger partial charge in [-0.2, -0.15) is 0 Å². The largest absolute Gasteiger partial charge is 0.340 e. The maximum absolute atomic E-state index is 13.3. The minimum Gasteiger partial charge on any atom is -0.340 e. The molecule has 3 aromatic rings. The summed E-state index contributed by atoms with van der Waals surface area (Å²) in [6, 6.07) is 13.1. The molecule has 4 nitrogen and oxygen atoms in total. The average molecular weight is 401 g/mol. The van der Waals surface area contributed by atoms with E-state index in [2.05, 4.69) is 10.6 Å². The number of carbonyl (C=O) groups excluding carboxylic acids is 2. The summed E-state index contributed by atoms with van der Waals surface area (Å²) in [5.41, 5.74) is 0.811. The Hall–Kier alpha value is -2.51. The van der Waals surface area contributed by atoms with Crippen LogP contribution in [0.25, 0.3) is 0 Å². The fourth-order valence-electron chi connectivity index (χ4n) is 2.73. The van der Waals surface area contributed by atoms with Gasteiger partial charge in [-0.3, -0.25) is 9.59 Å². The van der Waals surface area contributed by atoms with E-state index in [1.165, 1.54) is 34.8 Å². The van der Waals surface area contributed by atoms with Crippen molar-refractivity contribution in [3.63, 3.8) is 0 Å². The number of anilines is 1. The number of hydrogen-bond donors (Lipinski definition) is 2. The van der Waals surface area contributed by atoms with Gasteiger partial charge in [-0.05, 0) is 54.1 Å². The molecule has 1 fully saturated rings. The standard InChI is InChI=1S/C20H17FN2O2S2/c21-14-7-5-12(6-8-14)18(15-2-1-11-26-15)23-20(25)16-9-10-17(27-16)22-19(24)13-3-4-13/h1-2,5-11,13,18H,3-4H2,(H,22,24)(H,23,25). The Morgan fingerprint density at radius 1 is 1.07 bits per heavy atom. The van der Waals surface area contributed by atoms with Gasteiger partial charge in [0.1, 0.15) is 5.82 Å². The van der Waals surface area contributed by atoms with Crippen LogP contribution in [0, 0.1) is 11.7 Å². The molecule has 7 heteroatoms. The zero-order valence-electron chi connectivity index (χ0n) is 14.3. The fourth-order valence-corrected chi connectivity index (χ4v) is 4.34. The molecule has 0 aliphatic heterocycles. The Kier molecular flexibility index (Phi) is 5.05. The SMILES string of the molecule is O=C(NC(c1ccc(F)cc1)c1cccs1)c1ccc(NC(=O)C2CC2)s1. The number of halogens is 1. The number of thiophene rings is 2. The molecule has 27 heavy (non-hydrogen) atoms. The van der Waals surface area contributed by atoms with Crippen LogP contribution in [0.1, 0.15) is 39.0 Å². The first-order valence-electron chi connectivity index (χ1n) is 8.60. The van der Waals surface area contributed by atoms with Gasteiger partial charge >= 0.3 is 0 Å². The molecule has 1 aromatic carbocycles. The number of rotatable bonds is 6. The van der Waals surface area contributed by atoms with Crippen molar-refractivity contribution in [3.05, 3.63) is 75.0 Å². The molecule has 1 aliphatic rings. The Labute approximate surface area is 164 Å². The maximum atomic E-state index is 13.3. The highest BCUT2D eigenvalue weighted by molar-refractivity contribution is 7.18. The average Bonchev–Trinajstić information content (AvgIpc) is 3.18. The van der Waals surface area contributed by atoms with Crippen LogP contribution in [0.2, 0.25) is 0 Å². The highest BCUT2D eigenvalue weighted by Crippen LogP contribution is 2.32. The van der Waals surface area contributed by atoms with Gasteiger partial charge in [0.15, 0.2) is 0 Å². The van der Waals surface area contributed by atoms with Gasteiger partial charge in [0.05, 0.1) is 15.9 Å².